The molecule has 2 aromatic carbocycles. The fourth-order valence-electron chi connectivity index (χ4n) is 1.93. The summed E-state index contributed by atoms with van der Waals surface area (Å²) in [6, 6.07) is 10.8. The molecule has 2 aromatic rings. The molecule has 1 amide bonds. The number of hydrogen-bond acceptors (Lipinski definition) is 3. The Bertz CT molecular complexity index is 662. The first-order valence-electron chi connectivity index (χ1n) is 6.73. The van der Waals surface area contributed by atoms with E-state index in [4.69, 9.17) is 0 Å². The smallest absolute Gasteiger partial charge is 0.387 e. The van der Waals surface area contributed by atoms with Gasteiger partial charge in [-0.05, 0) is 30.3 Å². The summed E-state index contributed by atoms with van der Waals surface area (Å²) in [6.45, 7) is -3.12. The highest BCUT2D eigenvalue weighted by Crippen LogP contribution is 2.17. The van der Waals surface area contributed by atoms with Crippen LogP contribution in [0.4, 0.5) is 13.2 Å². The Hall–Kier alpha value is -2.54. The van der Waals surface area contributed by atoms with E-state index < -0.39 is 24.4 Å². The quantitative estimate of drug-likeness (QED) is 0.858. The third-order valence-corrected chi connectivity index (χ3v) is 3.06. The number of amides is 1. The summed E-state index contributed by atoms with van der Waals surface area (Å²) in [5, 5.41) is 12.3. The van der Waals surface area contributed by atoms with Gasteiger partial charge in [0.05, 0.1) is 6.10 Å². The molecule has 0 radical (unpaired) electrons. The first-order chi connectivity index (χ1) is 11.0. The van der Waals surface area contributed by atoms with Gasteiger partial charge in [-0.2, -0.15) is 8.78 Å². The number of aliphatic hydroxyl groups excluding tert-OH is 1. The minimum absolute atomic E-state index is 0.0667. The second kappa shape index (κ2) is 7.64. The molecule has 0 aliphatic carbocycles. The van der Waals surface area contributed by atoms with E-state index in [9.17, 15) is 23.1 Å². The minimum atomic E-state index is -2.94. The maximum atomic E-state index is 13.5. The Morgan fingerprint density at radius 1 is 1.13 bits per heavy atom. The van der Waals surface area contributed by atoms with E-state index in [-0.39, 0.29) is 23.4 Å². The Morgan fingerprint density at radius 3 is 2.39 bits per heavy atom. The lowest BCUT2D eigenvalue weighted by Gasteiger charge is -2.13. The molecule has 0 spiro atoms. The number of alkyl halides is 2. The summed E-state index contributed by atoms with van der Waals surface area (Å²) in [5.41, 5.74) is 0.279. The normalized spacial score (nSPS) is 12.0. The van der Waals surface area contributed by atoms with Gasteiger partial charge in [-0.25, -0.2) is 4.39 Å². The maximum absolute atomic E-state index is 13.5. The summed E-state index contributed by atoms with van der Waals surface area (Å²) in [4.78, 5) is 11.9. The zero-order valence-electron chi connectivity index (χ0n) is 11.9. The molecule has 0 aromatic heterocycles. The van der Waals surface area contributed by atoms with Crippen LogP contribution in [-0.2, 0) is 0 Å². The van der Waals surface area contributed by atoms with Crippen LogP contribution in [0.5, 0.6) is 5.75 Å². The lowest BCUT2D eigenvalue weighted by molar-refractivity contribution is -0.0498. The van der Waals surface area contributed by atoms with Gasteiger partial charge in [0, 0.05) is 17.7 Å². The van der Waals surface area contributed by atoms with Crippen LogP contribution in [-0.4, -0.2) is 24.2 Å². The predicted molar refractivity (Wildman–Crippen MR) is 76.8 cm³/mol. The van der Waals surface area contributed by atoms with Crippen molar-refractivity contribution in [1.82, 2.24) is 5.32 Å². The van der Waals surface area contributed by atoms with Gasteiger partial charge in [0.25, 0.3) is 5.91 Å². The van der Waals surface area contributed by atoms with Crippen molar-refractivity contribution in [2.45, 2.75) is 12.7 Å². The zero-order chi connectivity index (χ0) is 16.8. The van der Waals surface area contributed by atoms with Crippen molar-refractivity contribution >= 4 is 5.91 Å². The number of nitrogens with one attached hydrogen (secondary N) is 1. The zero-order valence-corrected chi connectivity index (χ0v) is 11.9. The van der Waals surface area contributed by atoms with Crippen molar-refractivity contribution in [3.63, 3.8) is 0 Å². The van der Waals surface area contributed by atoms with Gasteiger partial charge >= 0.3 is 6.61 Å². The van der Waals surface area contributed by atoms with Crippen LogP contribution >= 0.6 is 0 Å². The van der Waals surface area contributed by atoms with Gasteiger partial charge in [0.15, 0.2) is 0 Å². The monoisotopic (exact) mass is 325 g/mol. The molecule has 2 N–H and O–H groups in total. The van der Waals surface area contributed by atoms with E-state index >= 15 is 0 Å². The van der Waals surface area contributed by atoms with E-state index in [2.05, 4.69) is 10.1 Å². The van der Waals surface area contributed by atoms with Crippen LogP contribution in [0.25, 0.3) is 0 Å². The van der Waals surface area contributed by atoms with Crippen LogP contribution in [0, 0.1) is 5.82 Å². The highest BCUT2D eigenvalue weighted by atomic mass is 19.3. The molecule has 1 unspecified atom stereocenters. The fourth-order valence-corrected chi connectivity index (χ4v) is 1.93. The summed E-state index contributed by atoms with van der Waals surface area (Å²) in [5.74, 6) is -1.16. The summed E-state index contributed by atoms with van der Waals surface area (Å²) >= 11 is 0. The Labute approximate surface area is 130 Å². The maximum Gasteiger partial charge on any atom is 0.387 e. The number of aliphatic hydroxyl groups is 1. The summed E-state index contributed by atoms with van der Waals surface area (Å²) in [6.07, 6.45) is -1.19. The Kier molecular flexibility index (Phi) is 5.59. The Morgan fingerprint density at radius 2 is 1.78 bits per heavy atom. The molecule has 7 heteroatoms. The van der Waals surface area contributed by atoms with Gasteiger partial charge in [-0.15, -0.1) is 0 Å². The molecule has 0 bridgehead atoms. The number of carbonyl (C=O) groups is 1. The molecule has 2 rings (SSSR count). The van der Waals surface area contributed by atoms with Crippen molar-refractivity contribution in [3.05, 3.63) is 65.5 Å². The van der Waals surface area contributed by atoms with Crippen LogP contribution in [0.3, 0.4) is 0 Å². The van der Waals surface area contributed by atoms with Crippen LogP contribution in [0.1, 0.15) is 22.0 Å². The average molecular weight is 325 g/mol. The van der Waals surface area contributed by atoms with Crippen LogP contribution in [0.2, 0.25) is 0 Å². The third kappa shape index (κ3) is 4.72. The lowest BCUT2D eigenvalue weighted by Crippen LogP contribution is -2.28. The number of carbonyl (C=O) groups excluding carboxylic acids is 1. The van der Waals surface area contributed by atoms with Gasteiger partial charge in [0.2, 0.25) is 0 Å². The molecule has 23 heavy (non-hydrogen) atoms. The molecule has 0 fully saturated rings. The molecule has 122 valence electrons. The number of benzene rings is 2. The van der Waals surface area contributed by atoms with Crippen LogP contribution < -0.4 is 10.1 Å². The molecular formula is C16H14F3NO3. The van der Waals surface area contributed by atoms with Crippen molar-refractivity contribution in [2.24, 2.45) is 0 Å². The van der Waals surface area contributed by atoms with E-state index in [1.807, 2.05) is 0 Å². The molecule has 0 aliphatic heterocycles. The molecule has 0 saturated heterocycles. The second-order valence-corrected chi connectivity index (χ2v) is 4.65. The van der Waals surface area contributed by atoms with Crippen molar-refractivity contribution < 1.29 is 27.8 Å². The highest BCUT2D eigenvalue weighted by Gasteiger charge is 2.14. The number of hydrogen-bond donors (Lipinski definition) is 2. The lowest BCUT2D eigenvalue weighted by atomic mass is 10.1. The van der Waals surface area contributed by atoms with Gasteiger partial charge in [0.1, 0.15) is 11.6 Å². The first kappa shape index (κ1) is 16.8. The van der Waals surface area contributed by atoms with Crippen LogP contribution in [0.15, 0.2) is 48.5 Å². The molecule has 0 aliphatic rings. The van der Waals surface area contributed by atoms with Gasteiger partial charge in [-0.1, -0.05) is 18.2 Å². The highest BCUT2D eigenvalue weighted by molar-refractivity contribution is 5.94. The topological polar surface area (TPSA) is 58.6 Å². The molecule has 0 heterocycles. The fraction of sp³-hybridized carbons (Fsp3) is 0.188. The van der Waals surface area contributed by atoms with E-state index in [1.165, 1.54) is 42.5 Å². The van der Waals surface area contributed by atoms with Crippen molar-refractivity contribution in [2.75, 3.05) is 6.54 Å². The first-order valence-corrected chi connectivity index (χ1v) is 6.73. The van der Waals surface area contributed by atoms with E-state index in [1.54, 1.807) is 6.07 Å². The van der Waals surface area contributed by atoms with Gasteiger partial charge < -0.3 is 15.2 Å². The largest absolute Gasteiger partial charge is 0.435 e. The van der Waals surface area contributed by atoms with Crippen molar-refractivity contribution in [1.29, 1.82) is 0 Å². The summed E-state index contributed by atoms with van der Waals surface area (Å²) < 4.78 is 41.7. The third-order valence-electron chi connectivity index (χ3n) is 3.06. The SMILES string of the molecule is O=C(NCC(O)c1ccccc1F)c1ccc(OC(F)F)cc1. The number of rotatable bonds is 6. The minimum Gasteiger partial charge on any atom is -0.435 e. The predicted octanol–water partition coefficient (Wildman–Crippen LogP) is 2.89. The molecular weight excluding hydrogens is 311 g/mol. The number of halogens is 3. The second-order valence-electron chi connectivity index (χ2n) is 4.65. The van der Waals surface area contributed by atoms with E-state index in [0.29, 0.717) is 0 Å². The van der Waals surface area contributed by atoms with E-state index in [0.717, 1.165) is 0 Å². The Balaban J connectivity index is 1.93. The summed E-state index contributed by atoms with van der Waals surface area (Å²) in [7, 11) is 0. The van der Waals surface area contributed by atoms with Crippen molar-refractivity contribution in [3.8, 4) is 5.75 Å². The number of ether oxygens (including phenoxy) is 1. The molecule has 1 atom stereocenters. The molecule has 0 saturated carbocycles. The average Bonchev–Trinajstić information content (AvgIpc) is 2.53. The molecule has 4 nitrogen and oxygen atoms in total. The van der Waals surface area contributed by atoms with Gasteiger partial charge in [-0.3, -0.25) is 4.79 Å². The standard InChI is InChI=1S/C16H14F3NO3/c17-13-4-2-1-3-12(13)14(21)9-20-15(22)10-5-7-11(8-6-10)23-16(18)19/h1-8,14,16,21H,9H2,(H,20,22).